The van der Waals surface area contributed by atoms with Gasteiger partial charge in [-0.2, -0.15) is 10.2 Å². The van der Waals surface area contributed by atoms with Crippen molar-refractivity contribution in [3.05, 3.63) is 83.1 Å². The first kappa shape index (κ1) is 15.1. The fourth-order valence-corrected chi connectivity index (χ4v) is 3.74. The van der Waals surface area contributed by atoms with Crippen LogP contribution in [0.1, 0.15) is 32.2 Å². The maximum Gasteiger partial charge on any atom is 0.180 e. The summed E-state index contributed by atoms with van der Waals surface area (Å²) in [4.78, 5) is 25.1. The fourth-order valence-electron chi connectivity index (χ4n) is 3.19. The quantitative estimate of drug-likeness (QED) is 0.436. The van der Waals surface area contributed by atoms with Gasteiger partial charge < -0.3 is 0 Å². The molecule has 0 saturated carbocycles. The van der Waals surface area contributed by atoms with Crippen molar-refractivity contribution >= 4 is 27.5 Å². The van der Waals surface area contributed by atoms with Crippen molar-refractivity contribution in [3.8, 4) is 0 Å². The van der Waals surface area contributed by atoms with Gasteiger partial charge in [0.2, 0.25) is 0 Å². The van der Waals surface area contributed by atoms with Crippen LogP contribution in [-0.2, 0) is 0 Å². The zero-order valence-electron chi connectivity index (χ0n) is 12.6. The number of hydrogen-bond donors (Lipinski definition) is 0. The van der Waals surface area contributed by atoms with E-state index in [4.69, 9.17) is 0 Å². The lowest BCUT2D eigenvalue weighted by atomic mass is 9.92. The number of rotatable bonds is 2. The third kappa shape index (κ3) is 2.36. The molecule has 2 aromatic rings. The Hall–Kier alpha value is -2.40. The fraction of sp³-hybridized carbons (Fsp3) is 0.158. The number of carbonyl (C=O) groups is 2. The predicted molar refractivity (Wildman–Crippen MR) is 93.4 cm³/mol. The molecule has 5 heteroatoms. The lowest BCUT2D eigenvalue weighted by molar-refractivity contribution is 0.0862. The van der Waals surface area contributed by atoms with Crippen molar-refractivity contribution in [1.29, 1.82) is 0 Å². The van der Waals surface area contributed by atoms with Crippen molar-refractivity contribution in [2.24, 2.45) is 16.1 Å². The van der Waals surface area contributed by atoms with Crippen LogP contribution in [0.3, 0.4) is 0 Å². The highest BCUT2D eigenvalue weighted by atomic mass is 79.9. The number of carbonyl (C=O) groups excluding carboxylic acids is 2. The molecule has 0 fully saturated rings. The van der Waals surface area contributed by atoms with E-state index in [2.05, 4.69) is 26.2 Å². The van der Waals surface area contributed by atoms with Crippen molar-refractivity contribution in [1.82, 2.24) is 0 Å². The first-order valence-corrected chi connectivity index (χ1v) is 8.57. The van der Waals surface area contributed by atoms with Crippen LogP contribution in [0, 0.1) is 5.92 Å². The molecule has 0 spiro atoms. The lowest BCUT2D eigenvalue weighted by Crippen LogP contribution is -2.21. The maximum atomic E-state index is 12.7. The number of Topliss-reactive ketones (excluding diaryl/α,β-unsaturated/α-hetero) is 2. The minimum Gasteiger partial charge on any atom is -0.293 e. The summed E-state index contributed by atoms with van der Waals surface area (Å²) >= 11 is 3.51. The summed E-state index contributed by atoms with van der Waals surface area (Å²) in [6, 6.07) is 16.8. The molecule has 0 saturated heterocycles. The summed E-state index contributed by atoms with van der Waals surface area (Å²) in [5.41, 5.74) is 2.44. The standard InChI is InChI=1S/C19H13BrN2O2/c20-19-14(11-6-2-1-3-7-11)10-15(21-22-19)16-17(23)12-8-4-5-9-13(12)18(16)24/h1-10,14,16,19H/t14-,19-/m0/s1. The Kier molecular flexibility index (Phi) is 3.73. The highest BCUT2D eigenvalue weighted by molar-refractivity contribution is 9.09. The number of benzene rings is 2. The van der Waals surface area contributed by atoms with Gasteiger partial charge in [-0.25, -0.2) is 0 Å². The van der Waals surface area contributed by atoms with Gasteiger partial charge in [0.15, 0.2) is 11.6 Å². The van der Waals surface area contributed by atoms with Gasteiger partial charge in [0, 0.05) is 17.0 Å². The molecule has 1 heterocycles. The Balaban J connectivity index is 1.74. The average Bonchev–Trinajstić information content (AvgIpc) is 2.88. The number of alkyl halides is 1. The van der Waals surface area contributed by atoms with Crippen LogP contribution in [0.2, 0.25) is 0 Å². The van der Waals surface area contributed by atoms with E-state index in [1.54, 1.807) is 24.3 Å². The molecule has 2 aromatic carbocycles. The minimum absolute atomic E-state index is 0.0667. The van der Waals surface area contributed by atoms with E-state index in [0.717, 1.165) is 5.56 Å². The van der Waals surface area contributed by atoms with E-state index in [9.17, 15) is 9.59 Å². The Morgan fingerprint density at radius 3 is 2.04 bits per heavy atom. The van der Waals surface area contributed by atoms with Crippen LogP contribution in [0.5, 0.6) is 0 Å². The molecule has 0 aromatic heterocycles. The molecule has 0 bridgehead atoms. The second-order valence-corrected chi connectivity index (χ2v) is 6.76. The average molecular weight is 381 g/mol. The number of halogens is 1. The molecular formula is C19H13BrN2O2. The molecule has 2 atom stereocenters. The number of nitrogens with zero attached hydrogens (tertiary/aromatic N) is 2. The second-order valence-electron chi connectivity index (χ2n) is 5.82. The summed E-state index contributed by atoms with van der Waals surface area (Å²) in [6.45, 7) is 0. The van der Waals surface area contributed by atoms with E-state index in [0.29, 0.717) is 16.8 Å². The summed E-state index contributed by atoms with van der Waals surface area (Å²) in [7, 11) is 0. The molecule has 4 rings (SSSR count). The predicted octanol–water partition coefficient (Wildman–Crippen LogP) is 4.54. The van der Waals surface area contributed by atoms with Gasteiger partial charge in [-0.15, -0.1) is 0 Å². The van der Waals surface area contributed by atoms with Crippen LogP contribution < -0.4 is 0 Å². The number of fused-ring (bicyclic) bond motifs is 1. The zero-order chi connectivity index (χ0) is 16.7. The smallest absolute Gasteiger partial charge is 0.180 e. The normalized spacial score (nSPS) is 23.3. The summed E-state index contributed by atoms with van der Waals surface area (Å²) in [6.07, 6.45) is 1.88. The largest absolute Gasteiger partial charge is 0.293 e. The Bertz CT molecular complexity index is 854. The van der Waals surface area contributed by atoms with Crippen LogP contribution in [0.15, 0.2) is 76.6 Å². The van der Waals surface area contributed by atoms with Crippen LogP contribution in [0.25, 0.3) is 0 Å². The van der Waals surface area contributed by atoms with Crippen LogP contribution in [0.4, 0.5) is 0 Å². The van der Waals surface area contributed by atoms with E-state index in [-0.39, 0.29) is 22.4 Å². The van der Waals surface area contributed by atoms with Crippen molar-refractivity contribution in [3.63, 3.8) is 0 Å². The third-order valence-corrected chi connectivity index (χ3v) is 5.15. The molecule has 1 aliphatic carbocycles. The van der Waals surface area contributed by atoms with Crippen LogP contribution >= 0.6 is 15.9 Å². The van der Waals surface area contributed by atoms with Crippen LogP contribution in [-0.4, -0.2) is 16.5 Å². The van der Waals surface area contributed by atoms with Crippen molar-refractivity contribution in [2.45, 2.75) is 10.9 Å². The zero-order valence-corrected chi connectivity index (χ0v) is 14.2. The Morgan fingerprint density at radius 2 is 1.42 bits per heavy atom. The van der Waals surface area contributed by atoms with Gasteiger partial charge in [-0.3, -0.25) is 9.59 Å². The number of hydrogen-bond acceptors (Lipinski definition) is 4. The molecule has 4 nitrogen and oxygen atoms in total. The van der Waals surface area contributed by atoms with Crippen molar-refractivity contribution < 1.29 is 9.59 Å². The molecule has 0 N–H and O–H groups in total. The van der Waals surface area contributed by atoms with Gasteiger partial charge in [-0.05, 0) is 11.6 Å². The summed E-state index contributed by atoms with van der Waals surface area (Å²) in [5, 5.41) is 8.36. The molecule has 24 heavy (non-hydrogen) atoms. The Labute approximate surface area is 147 Å². The first-order chi connectivity index (χ1) is 11.7. The minimum atomic E-state index is -0.877. The molecule has 0 unspecified atom stereocenters. The lowest BCUT2D eigenvalue weighted by Gasteiger charge is -2.22. The van der Waals surface area contributed by atoms with E-state index in [1.165, 1.54) is 0 Å². The molecule has 1 aliphatic heterocycles. The van der Waals surface area contributed by atoms with Gasteiger partial charge in [-0.1, -0.05) is 70.5 Å². The molecule has 0 amide bonds. The number of ketones is 2. The monoisotopic (exact) mass is 380 g/mol. The third-order valence-electron chi connectivity index (χ3n) is 4.39. The van der Waals surface area contributed by atoms with E-state index >= 15 is 0 Å². The Morgan fingerprint density at radius 1 is 0.833 bits per heavy atom. The van der Waals surface area contributed by atoms with Crippen molar-refractivity contribution in [2.75, 3.05) is 0 Å². The molecule has 118 valence electrons. The van der Waals surface area contributed by atoms with E-state index < -0.39 is 5.92 Å². The number of azo groups is 1. The number of allylic oxidation sites excluding steroid dienone is 1. The SMILES string of the molecule is O=C1c2ccccc2C(=O)C1C1=C[C@@H](c2ccccc2)[C@@H](Br)N=N1. The summed E-state index contributed by atoms with van der Waals surface area (Å²) < 4.78 is 0. The van der Waals surface area contributed by atoms with Gasteiger partial charge in [0.25, 0.3) is 0 Å². The van der Waals surface area contributed by atoms with Gasteiger partial charge >= 0.3 is 0 Å². The van der Waals surface area contributed by atoms with Gasteiger partial charge in [0.1, 0.15) is 10.9 Å². The van der Waals surface area contributed by atoms with E-state index in [1.807, 2.05) is 36.4 Å². The maximum absolute atomic E-state index is 12.7. The highest BCUT2D eigenvalue weighted by Gasteiger charge is 2.42. The molecule has 0 radical (unpaired) electrons. The van der Waals surface area contributed by atoms with Gasteiger partial charge in [0.05, 0.1) is 5.70 Å². The topological polar surface area (TPSA) is 58.9 Å². The highest BCUT2D eigenvalue weighted by Crippen LogP contribution is 2.38. The molecular weight excluding hydrogens is 368 g/mol. The second kappa shape index (κ2) is 5.91. The summed E-state index contributed by atoms with van der Waals surface area (Å²) in [5.74, 6) is -1.33. The first-order valence-electron chi connectivity index (χ1n) is 7.66. The molecule has 2 aliphatic rings.